The van der Waals surface area contributed by atoms with Gasteiger partial charge in [-0.3, -0.25) is 4.79 Å². The lowest BCUT2D eigenvalue weighted by Gasteiger charge is -2.14. The van der Waals surface area contributed by atoms with Gasteiger partial charge in [0.1, 0.15) is 5.75 Å². The van der Waals surface area contributed by atoms with Crippen LogP contribution in [0.4, 0.5) is 0 Å². The zero-order chi connectivity index (χ0) is 13.7. The van der Waals surface area contributed by atoms with Crippen molar-refractivity contribution in [3.05, 3.63) is 28.2 Å². The highest BCUT2D eigenvalue weighted by Crippen LogP contribution is 2.28. The van der Waals surface area contributed by atoms with Gasteiger partial charge in [0, 0.05) is 16.1 Å². The molecule has 0 bridgehead atoms. The van der Waals surface area contributed by atoms with Crippen molar-refractivity contribution < 1.29 is 14.6 Å². The van der Waals surface area contributed by atoms with E-state index in [4.69, 9.17) is 4.74 Å². The van der Waals surface area contributed by atoms with Gasteiger partial charge in [-0.25, -0.2) is 0 Å². The average Bonchev–Trinajstić information content (AvgIpc) is 2.25. The molecule has 0 aliphatic rings. The van der Waals surface area contributed by atoms with Crippen LogP contribution in [-0.4, -0.2) is 23.7 Å². The van der Waals surface area contributed by atoms with Crippen LogP contribution < -0.4 is 10.1 Å². The van der Waals surface area contributed by atoms with E-state index < -0.39 is 6.10 Å². The fourth-order valence-corrected chi connectivity index (χ4v) is 1.83. The van der Waals surface area contributed by atoms with Crippen molar-refractivity contribution in [2.45, 2.75) is 32.9 Å². The van der Waals surface area contributed by atoms with E-state index >= 15 is 0 Å². The van der Waals surface area contributed by atoms with Crippen molar-refractivity contribution in [3.63, 3.8) is 0 Å². The predicted molar refractivity (Wildman–Crippen MR) is 73.5 cm³/mol. The van der Waals surface area contributed by atoms with Crippen molar-refractivity contribution in [1.29, 1.82) is 0 Å². The summed E-state index contributed by atoms with van der Waals surface area (Å²) in [6.07, 6.45) is -0.638. The molecular formula is C13H18BrNO3. The smallest absolute Gasteiger partial charge is 0.258 e. The molecule has 0 aromatic heterocycles. The molecule has 5 heteroatoms. The summed E-state index contributed by atoms with van der Waals surface area (Å²) in [6, 6.07) is 5.41. The van der Waals surface area contributed by atoms with E-state index in [1.807, 2.05) is 19.9 Å². The van der Waals surface area contributed by atoms with E-state index in [2.05, 4.69) is 21.2 Å². The first-order chi connectivity index (χ1) is 8.40. The second-order valence-corrected chi connectivity index (χ2v) is 5.28. The molecule has 0 radical (unpaired) electrons. The lowest BCUT2D eigenvalue weighted by molar-refractivity contribution is -0.123. The fourth-order valence-electron chi connectivity index (χ4n) is 1.49. The number of carbonyl (C=O) groups excluding carboxylic acids is 1. The van der Waals surface area contributed by atoms with Crippen LogP contribution in [0.15, 0.2) is 22.7 Å². The van der Waals surface area contributed by atoms with Crippen LogP contribution >= 0.6 is 15.9 Å². The molecule has 0 spiro atoms. The normalized spacial score (nSPS) is 12.3. The molecule has 0 fully saturated rings. The monoisotopic (exact) mass is 315 g/mol. The summed E-state index contributed by atoms with van der Waals surface area (Å²) < 4.78 is 6.28. The Morgan fingerprint density at radius 1 is 1.44 bits per heavy atom. The van der Waals surface area contributed by atoms with E-state index in [-0.39, 0.29) is 18.6 Å². The van der Waals surface area contributed by atoms with E-state index in [1.54, 1.807) is 19.1 Å². The zero-order valence-electron chi connectivity index (χ0n) is 10.7. The maximum absolute atomic E-state index is 11.5. The van der Waals surface area contributed by atoms with Crippen molar-refractivity contribution >= 4 is 21.8 Å². The molecule has 1 atom stereocenters. The van der Waals surface area contributed by atoms with Gasteiger partial charge in [0.15, 0.2) is 6.61 Å². The Morgan fingerprint density at radius 2 is 2.11 bits per heavy atom. The largest absolute Gasteiger partial charge is 0.483 e. The molecule has 1 rings (SSSR count). The first-order valence-corrected chi connectivity index (χ1v) is 6.59. The maximum Gasteiger partial charge on any atom is 0.258 e. The number of aliphatic hydroxyl groups is 1. The molecule has 0 aliphatic carbocycles. The molecule has 1 aromatic rings. The molecule has 100 valence electrons. The van der Waals surface area contributed by atoms with Gasteiger partial charge in [-0.05, 0) is 32.9 Å². The van der Waals surface area contributed by atoms with Crippen LogP contribution in [-0.2, 0) is 4.79 Å². The minimum atomic E-state index is -0.638. The summed E-state index contributed by atoms with van der Waals surface area (Å²) >= 11 is 3.33. The average molecular weight is 316 g/mol. The Kier molecular flexibility index (Phi) is 5.62. The van der Waals surface area contributed by atoms with Gasteiger partial charge in [0.25, 0.3) is 5.91 Å². The van der Waals surface area contributed by atoms with Gasteiger partial charge in [-0.2, -0.15) is 0 Å². The molecule has 2 N–H and O–H groups in total. The van der Waals surface area contributed by atoms with Gasteiger partial charge in [0.05, 0.1) is 6.10 Å². The Bertz CT molecular complexity index is 419. The van der Waals surface area contributed by atoms with Crippen LogP contribution in [0.25, 0.3) is 0 Å². The number of ether oxygens (including phenoxy) is 1. The first kappa shape index (κ1) is 15.0. The highest BCUT2D eigenvalue weighted by atomic mass is 79.9. The zero-order valence-corrected chi connectivity index (χ0v) is 12.3. The highest BCUT2D eigenvalue weighted by molar-refractivity contribution is 9.10. The SMILES string of the molecule is CC(C)NC(=O)COc1cc(Br)ccc1[C@@H](C)O. The maximum atomic E-state index is 11.5. The van der Waals surface area contributed by atoms with Crippen molar-refractivity contribution in [3.8, 4) is 5.75 Å². The first-order valence-electron chi connectivity index (χ1n) is 5.80. The Balaban J connectivity index is 2.71. The van der Waals surface area contributed by atoms with E-state index in [1.165, 1.54) is 0 Å². The van der Waals surface area contributed by atoms with Gasteiger partial charge in [-0.1, -0.05) is 22.0 Å². The predicted octanol–water partition coefficient (Wildman–Crippen LogP) is 2.41. The van der Waals surface area contributed by atoms with Crippen LogP contribution in [0.1, 0.15) is 32.4 Å². The summed E-state index contributed by atoms with van der Waals surface area (Å²) in [5, 5.41) is 12.3. The number of halogens is 1. The van der Waals surface area contributed by atoms with Gasteiger partial charge in [-0.15, -0.1) is 0 Å². The molecular weight excluding hydrogens is 298 g/mol. The Labute approximate surface area is 115 Å². The number of rotatable bonds is 5. The van der Waals surface area contributed by atoms with E-state index in [0.29, 0.717) is 11.3 Å². The van der Waals surface area contributed by atoms with Gasteiger partial charge in [0.2, 0.25) is 0 Å². The highest BCUT2D eigenvalue weighted by Gasteiger charge is 2.11. The number of hydrogen-bond donors (Lipinski definition) is 2. The van der Waals surface area contributed by atoms with Crippen molar-refractivity contribution in [2.75, 3.05) is 6.61 Å². The van der Waals surface area contributed by atoms with Gasteiger partial charge < -0.3 is 15.2 Å². The lowest BCUT2D eigenvalue weighted by atomic mass is 10.1. The fraction of sp³-hybridized carbons (Fsp3) is 0.462. The van der Waals surface area contributed by atoms with E-state index in [0.717, 1.165) is 4.47 Å². The topological polar surface area (TPSA) is 58.6 Å². The summed E-state index contributed by atoms with van der Waals surface area (Å²) in [6.45, 7) is 5.37. The second-order valence-electron chi connectivity index (χ2n) is 4.37. The third-order valence-electron chi connectivity index (χ3n) is 2.23. The standard InChI is InChI=1S/C13H18BrNO3/c1-8(2)15-13(17)7-18-12-6-10(14)4-5-11(12)9(3)16/h4-6,8-9,16H,7H2,1-3H3,(H,15,17)/t9-/m1/s1. The quantitative estimate of drug-likeness (QED) is 0.877. The minimum absolute atomic E-state index is 0.0612. The molecule has 0 unspecified atom stereocenters. The molecule has 0 saturated carbocycles. The second kappa shape index (κ2) is 6.75. The number of hydrogen-bond acceptors (Lipinski definition) is 3. The minimum Gasteiger partial charge on any atom is -0.483 e. The van der Waals surface area contributed by atoms with E-state index in [9.17, 15) is 9.90 Å². The number of amides is 1. The summed E-state index contributed by atoms with van der Waals surface area (Å²) in [7, 11) is 0. The van der Waals surface area contributed by atoms with Gasteiger partial charge >= 0.3 is 0 Å². The number of nitrogens with one attached hydrogen (secondary N) is 1. The van der Waals surface area contributed by atoms with Crippen LogP contribution in [0.2, 0.25) is 0 Å². The number of benzene rings is 1. The molecule has 4 nitrogen and oxygen atoms in total. The third-order valence-corrected chi connectivity index (χ3v) is 2.73. The van der Waals surface area contributed by atoms with Crippen LogP contribution in [0.3, 0.4) is 0 Å². The van der Waals surface area contributed by atoms with Crippen molar-refractivity contribution in [1.82, 2.24) is 5.32 Å². The molecule has 18 heavy (non-hydrogen) atoms. The summed E-state index contributed by atoms with van der Waals surface area (Å²) in [5.41, 5.74) is 0.663. The van der Waals surface area contributed by atoms with Crippen molar-refractivity contribution in [2.24, 2.45) is 0 Å². The molecule has 0 heterocycles. The number of aliphatic hydroxyl groups excluding tert-OH is 1. The molecule has 0 saturated heterocycles. The number of carbonyl (C=O) groups is 1. The molecule has 0 aliphatic heterocycles. The molecule has 1 aromatic carbocycles. The summed E-state index contributed by atoms with van der Waals surface area (Å²) in [4.78, 5) is 11.5. The Morgan fingerprint density at radius 3 is 2.67 bits per heavy atom. The third kappa shape index (κ3) is 4.66. The lowest BCUT2D eigenvalue weighted by Crippen LogP contribution is -2.34. The Hall–Kier alpha value is -1.07. The molecule has 1 amide bonds. The summed E-state index contributed by atoms with van der Waals surface area (Å²) in [5.74, 6) is 0.333. The van der Waals surface area contributed by atoms with Crippen LogP contribution in [0, 0.1) is 0 Å². The van der Waals surface area contributed by atoms with Crippen LogP contribution in [0.5, 0.6) is 5.75 Å².